The topological polar surface area (TPSA) is 96.7 Å². The Kier molecular flexibility index (Phi) is 12.3. The van der Waals surface area contributed by atoms with Crippen molar-refractivity contribution in [2.45, 2.75) is 0 Å². The van der Waals surface area contributed by atoms with Gasteiger partial charge in [0.05, 0.1) is 45.5 Å². The van der Waals surface area contributed by atoms with Gasteiger partial charge in [-0.25, -0.2) is 34.9 Å². The summed E-state index contributed by atoms with van der Waals surface area (Å²) >= 11 is 0. The molecule has 0 N–H and O–H groups in total. The minimum Gasteiger partial charge on any atom is -0.306 e. The molecule has 1 aliphatic rings. The number of anilines is 6. The van der Waals surface area contributed by atoms with Gasteiger partial charge in [0.1, 0.15) is 5.82 Å². The lowest BCUT2D eigenvalue weighted by Crippen LogP contribution is -2.25. The zero-order valence-corrected chi connectivity index (χ0v) is 43.2. The molecule has 0 atom stereocenters. The largest absolute Gasteiger partial charge is 0.306 e. The Bertz CT molecular complexity index is 4120. The van der Waals surface area contributed by atoms with Crippen LogP contribution < -0.4 is 9.80 Å². The smallest absolute Gasteiger partial charge is 0.164 e. The number of hydrogen-bond acceptors (Lipinski definition) is 9. The van der Waals surface area contributed by atoms with E-state index in [-0.39, 0.29) is 0 Å². The molecule has 0 bridgehead atoms. The monoisotopic (exact) mass is 1030 g/mol. The third-order valence-electron chi connectivity index (χ3n) is 14.3. The van der Waals surface area contributed by atoms with Crippen molar-refractivity contribution in [1.29, 1.82) is 0 Å². The molecule has 4 heterocycles. The lowest BCUT2D eigenvalue weighted by Gasteiger charge is -2.40. The van der Waals surface area contributed by atoms with Gasteiger partial charge in [0.2, 0.25) is 0 Å². The third-order valence-corrected chi connectivity index (χ3v) is 14.3. The number of rotatable bonds is 11. The summed E-state index contributed by atoms with van der Waals surface area (Å²) < 4.78 is 0. The molecule has 0 unspecified atom stereocenters. The highest BCUT2D eigenvalue weighted by Crippen LogP contribution is 2.57. The first-order chi connectivity index (χ1) is 39.7. The molecule has 0 spiro atoms. The quantitative estimate of drug-likeness (QED) is 0.125. The molecular weight excluding hydrogens is 979 g/mol. The van der Waals surface area contributed by atoms with E-state index in [0.29, 0.717) is 34.8 Å². The maximum absolute atomic E-state index is 5.64. The summed E-state index contributed by atoms with van der Waals surface area (Å²) in [5.74, 6) is 3.59. The molecule has 0 amide bonds. The van der Waals surface area contributed by atoms with Crippen LogP contribution in [0.1, 0.15) is 0 Å². The fourth-order valence-corrected chi connectivity index (χ4v) is 10.6. The van der Waals surface area contributed by atoms with Gasteiger partial charge in [0, 0.05) is 56.1 Å². The van der Waals surface area contributed by atoms with Crippen molar-refractivity contribution in [1.82, 2.24) is 34.9 Å². The average Bonchev–Trinajstić information content (AvgIpc) is 3.66. The molecule has 0 saturated heterocycles. The van der Waals surface area contributed by atoms with Crippen LogP contribution in [0.3, 0.4) is 0 Å². The first-order valence-corrected chi connectivity index (χ1v) is 26.6. The van der Waals surface area contributed by atoms with Gasteiger partial charge >= 0.3 is 0 Å². The zero-order valence-electron chi connectivity index (χ0n) is 43.2. The maximum Gasteiger partial charge on any atom is 0.164 e. The minimum absolute atomic E-state index is 0.516. The second-order valence-corrected chi connectivity index (χ2v) is 19.3. The summed E-state index contributed by atoms with van der Waals surface area (Å²) in [6.45, 7) is 0. The van der Waals surface area contributed by atoms with Gasteiger partial charge in [-0.05, 0) is 48.0 Å². The molecule has 9 nitrogen and oxygen atoms in total. The zero-order chi connectivity index (χ0) is 53.2. The van der Waals surface area contributed by atoms with E-state index in [0.717, 1.165) is 101 Å². The second-order valence-electron chi connectivity index (χ2n) is 19.3. The van der Waals surface area contributed by atoms with E-state index in [1.807, 2.05) is 140 Å². The predicted molar refractivity (Wildman–Crippen MR) is 323 cm³/mol. The van der Waals surface area contributed by atoms with Gasteiger partial charge in [-0.2, -0.15) is 0 Å². The molecule has 0 fully saturated rings. The Balaban J connectivity index is 1.07. The van der Waals surface area contributed by atoms with Gasteiger partial charge in [-0.3, -0.25) is 4.90 Å². The molecule has 10 aromatic carbocycles. The van der Waals surface area contributed by atoms with Crippen molar-refractivity contribution in [3.05, 3.63) is 285 Å². The molecule has 376 valence electrons. The van der Waals surface area contributed by atoms with Crippen LogP contribution in [-0.4, -0.2) is 34.9 Å². The molecule has 3 aromatic heterocycles. The van der Waals surface area contributed by atoms with Crippen LogP contribution in [0.2, 0.25) is 0 Å². The number of nitrogens with zero attached hydrogens (tertiary/aromatic N) is 9. The fourth-order valence-electron chi connectivity index (χ4n) is 10.6. The summed E-state index contributed by atoms with van der Waals surface area (Å²) in [5.41, 5.74) is 15.9. The first kappa shape index (κ1) is 47.4. The standard InChI is InChI=1S/C71H47N9/c1-8-26-48(27-9-1)56-46-58(74-67(72-56)51-32-14-4-15-33-51)66-63(45-44-55(65(66)50-30-12-3-13-31-50)71-77-69(53-36-18-6-19-37-53)76-70(78-71)54-38-20-7-21-39-54)79-59-40-22-24-42-61(59)80(62-43-25-23-41-60(62)79)64-47-57(49-28-10-2-11-29-49)73-68(75-64)52-34-16-5-17-35-52/h1-47H. The second kappa shape index (κ2) is 20.8. The average molecular weight is 1030 g/mol. The van der Waals surface area contributed by atoms with E-state index in [9.17, 15) is 0 Å². The molecule has 80 heavy (non-hydrogen) atoms. The van der Waals surface area contributed by atoms with E-state index >= 15 is 0 Å². The molecule has 9 heteroatoms. The van der Waals surface area contributed by atoms with Crippen molar-refractivity contribution >= 4 is 34.3 Å². The SMILES string of the molecule is c1ccc(-c2cc(-c3c(N4c5ccccc5N(c5cc(-c6ccccc6)nc(-c6ccccc6)n5)c5ccccc54)ccc(-c4nc(-c5ccccc5)nc(-c5ccccc5)n4)c3-c3ccccc3)nc(-c3ccccc3)n2)cc1. The summed E-state index contributed by atoms with van der Waals surface area (Å²) in [5, 5.41) is 0. The van der Waals surface area contributed by atoms with Crippen molar-refractivity contribution in [3.63, 3.8) is 0 Å². The van der Waals surface area contributed by atoms with Gasteiger partial charge in [0.15, 0.2) is 29.1 Å². The Morgan fingerprint density at radius 1 is 0.200 bits per heavy atom. The summed E-state index contributed by atoms with van der Waals surface area (Å²) in [7, 11) is 0. The van der Waals surface area contributed by atoms with Crippen LogP contribution in [-0.2, 0) is 0 Å². The van der Waals surface area contributed by atoms with Crippen LogP contribution >= 0.6 is 0 Å². The summed E-state index contributed by atoms with van der Waals surface area (Å²) in [6, 6.07) is 97.4. The van der Waals surface area contributed by atoms with E-state index in [2.05, 4.69) is 155 Å². The Hall–Kier alpha value is -11.0. The lowest BCUT2D eigenvalue weighted by atomic mass is 9.89. The lowest BCUT2D eigenvalue weighted by molar-refractivity contribution is 1.07. The normalized spacial score (nSPS) is 11.7. The Labute approximate surface area is 463 Å². The first-order valence-electron chi connectivity index (χ1n) is 26.6. The highest BCUT2D eigenvalue weighted by atomic mass is 15.3. The molecule has 14 rings (SSSR count). The third kappa shape index (κ3) is 9.00. The highest BCUT2D eigenvalue weighted by molar-refractivity contribution is 6.08. The molecule has 0 aliphatic carbocycles. The number of hydrogen-bond donors (Lipinski definition) is 0. The van der Waals surface area contributed by atoms with Crippen LogP contribution in [0.25, 0.3) is 102 Å². The van der Waals surface area contributed by atoms with Crippen molar-refractivity contribution in [3.8, 4) is 102 Å². The summed E-state index contributed by atoms with van der Waals surface area (Å²) in [4.78, 5) is 42.1. The van der Waals surface area contributed by atoms with E-state index in [1.54, 1.807) is 0 Å². The molecule has 1 aliphatic heterocycles. The number of fused-ring (bicyclic) bond motifs is 2. The maximum atomic E-state index is 5.64. The number of benzene rings is 10. The Morgan fingerprint density at radius 3 is 0.963 bits per heavy atom. The van der Waals surface area contributed by atoms with Crippen molar-refractivity contribution in [2.75, 3.05) is 9.80 Å². The van der Waals surface area contributed by atoms with Crippen LogP contribution in [0.5, 0.6) is 0 Å². The van der Waals surface area contributed by atoms with Gasteiger partial charge < -0.3 is 4.90 Å². The van der Waals surface area contributed by atoms with Crippen molar-refractivity contribution in [2.24, 2.45) is 0 Å². The predicted octanol–water partition coefficient (Wildman–Crippen LogP) is 17.7. The van der Waals surface area contributed by atoms with Gasteiger partial charge in [0.25, 0.3) is 0 Å². The van der Waals surface area contributed by atoms with E-state index in [4.69, 9.17) is 34.9 Å². The van der Waals surface area contributed by atoms with Crippen LogP contribution in [0, 0.1) is 0 Å². The van der Waals surface area contributed by atoms with Gasteiger partial charge in [-0.1, -0.05) is 237 Å². The van der Waals surface area contributed by atoms with Crippen LogP contribution in [0.4, 0.5) is 34.3 Å². The van der Waals surface area contributed by atoms with Gasteiger partial charge in [-0.15, -0.1) is 0 Å². The molecule has 0 saturated carbocycles. The van der Waals surface area contributed by atoms with Crippen LogP contribution in [0.15, 0.2) is 285 Å². The highest BCUT2D eigenvalue weighted by Gasteiger charge is 2.35. The van der Waals surface area contributed by atoms with E-state index in [1.165, 1.54) is 0 Å². The minimum atomic E-state index is 0.516. The number of aromatic nitrogens is 7. The molecule has 13 aromatic rings. The fraction of sp³-hybridized carbons (Fsp3) is 0. The molecule has 0 radical (unpaired) electrons. The van der Waals surface area contributed by atoms with Crippen molar-refractivity contribution < 1.29 is 0 Å². The number of para-hydroxylation sites is 4. The summed E-state index contributed by atoms with van der Waals surface area (Å²) in [6.07, 6.45) is 0. The van der Waals surface area contributed by atoms with E-state index < -0.39 is 0 Å². The molecular formula is C71H47N9. The Morgan fingerprint density at radius 2 is 0.525 bits per heavy atom.